The number of anilines is 1. The van der Waals surface area contributed by atoms with Crippen LogP contribution in [0, 0.1) is 0 Å². The second-order valence-corrected chi connectivity index (χ2v) is 4.87. The average molecular weight is 279 g/mol. The molecule has 0 radical (unpaired) electrons. The van der Waals surface area contributed by atoms with Gasteiger partial charge < -0.3 is 19.9 Å². The summed E-state index contributed by atoms with van der Waals surface area (Å²) in [6.07, 6.45) is 0. The fraction of sp³-hybridized carbons (Fsp3) is 0.500. The zero-order valence-electron chi connectivity index (χ0n) is 11.6. The summed E-state index contributed by atoms with van der Waals surface area (Å²) in [6, 6.07) is 8.16. The van der Waals surface area contributed by atoms with Gasteiger partial charge in [0.2, 0.25) is 0 Å². The molecule has 1 aromatic rings. The number of hydrogen-bond acceptors (Lipinski definition) is 3. The molecule has 1 aliphatic heterocycles. The van der Waals surface area contributed by atoms with Crippen molar-refractivity contribution < 1.29 is 4.74 Å². The van der Waals surface area contributed by atoms with Crippen molar-refractivity contribution in [2.45, 2.75) is 6.92 Å². The van der Waals surface area contributed by atoms with Gasteiger partial charge in [-0.05, 0) is 31.3 Å². The topological polar surface area (TPSA) is 27.7 Å². The summed E-state index contributed by atoms with van der Waals surface area (Å²) in [4.78, 5) is 4.58. The van der Waals surface area contributed by atoms with E-state index in [4.69, 9.17) is 17.0 Å². The molecule has 0 aliphatic carbocycles. The van der Waals surface area contributed by atoms with E-state index in [0.717, 1.165) is 43.6 Å². The van der Waals surface area contributed by atoms with E-state index in [1.54, 1.807) is 7.11 Å². The SMILES string of the molecule is CCNC(=S)N1CCN(c2ccccc2OC)CC1. The Morgan fingerprint density at radius 2 is 1.95 bits per heavy atom. The van der Waals surface area contributed by atoms with Crippen LogP contribution in [0.5, 0.6) is 5.75 Å². The molecule has 0 unspecified atom stereocenters. The maximum Gasteiger partial charge on any atom is 0.169 e. The summed E-state index contributed by atoms with van der Waals surface area (Å²) in [7, 11) is 1.72. The van der Waals surface area contributed by atoms with Crippen LogP contribution in [-0.4, -0.2) is 49.8 Å². The maximum atomic E-state index is 5.42. The minimum absolute atomic E-state index is 0.863. The van der Waals surface area contributed by atoms with Gasteiger partial charge in [0, 0.05) is 32.7 Å². The van der Waals surface area contributed by atoms with Crippen LogP contribution < -0.4 is 15.0 Å². The molecule has 4 nitrogen and oxygen atoms in total. The molecule has 0 bridgehead atoms. The number of thiocarbonyl (C=S) groups is 1. The summed E-state index contributed by atoms with van der Waals surface area (Å²) >= 11 is 5.35. The van der Waals surface area contributed by atoms with E-state index in [-0.39, 0.29) is 0 Å². The number of methoxy groups -OCH3 is 1. The Balaban J connectivity index is 1.98. The van der Waals surface area contributed by atoms with Crippen LogP contribution in [0.25, 0.3) is 0 Å². The first-order valence-corrected chi connectivity index (χ1v) is 7.07. The van der Waals surface area contributed by atoms with Gasteiger partial charge >= 0.3 is 0 Å². The second kappa shape index (κ2) is 6.61. The second-order valence-electron chi connectivity index (χ2n) is 4.48. The smallest absolute Gasteiger partial charge is 0.169 e. The third kappa shape index (κ3) is 3.29. The minimum Gasteiger partial charge on any atom is -0.495 e. The van der Waals surface area contributed by atoms with Crippen LogP contribution >= 0.6 is 12.2 Å². The van der Waals surface area contributed by atoms with Crippen LogP contribution in [0.2, 0.25) is 0 Å². The van der Waals surface area contributed by atoms with Gasteiger partial charge in [-0.15, -0.1) is 0 Å². The molecular weight excluding hydrogens is 258 g/mol. The molecule has 1 aromatic carbocycles. The fourth-order valence-corrected chi connectivity index (χ4v) is 2.63. The van der Waals surface area contributed by atoms with Crippen molar-refractivity contribution in [2.75, 3.05) is 44.7 Å². The Bertz CT molecular complexity index is 430. The van der Waals surface area contributed by atoms with Gasteiger partial charge in [0.05, 0.1) is 12.8 Å². The molecule has 1 fully saturated rings. The maximum absolute atomic E-state index is 5.42. The average Bonchev–Trinajstić information content (AvgIpc) is 2.47. The van der Waals surface area contributed by atoms with Crippen molar-refractivity contribution in [1.29, 1.82) is 0 Å². The molecule has 0 atom stereocenters. The van der Waals surface area contributed by atoms with Gasteiger partial charge in [0.25, 0.3) is 0 Å². The Labute approximate surface area is 120 Å². The molecular formula is C14H21N3OS. The van der Waals surface area contributed by atoms with Gasteiger partial charge in [-0.1, -0.05) is 12.1 Å². The fourth-order valence-electron chi connectivity index (χ4n) is 2.30. The zero-order chi connectivity index (χ0) is 13.7. The number of ether oxygens (including phenoxy) is 1. The summed E-state index contributed by atoms with van der Waals surface area (Å²) in [5.41, 5.74) is 1.17. The number of hydrogen-bond donors (Lipinski definition) is 1. The van der Waals surface area contributed by atoms with Gasteiger partial charge in [0.1, 0.15) is 5.75 Å². The van der Waals surface area contributed by atoms with Crippen molar-refractivity contribution in [3.05, 3.63) is 24.3 Å². The van der Waals surface area contributed by atoms with E-state index in [9.17, 15) is 0 Å². The first-order chi connectivity index (χ1) is 9.26. The van der Waals surface area contributed by atoms with E-state index in [1.807, 2.05) is 18.2 Å². The standard InChI is InChI=1S/C14H21N3OS/c1-3-15-14(19)17-10-8-16(9-11-17)12-6-4-5-7-13(12)18-2/h4-7H,3,8-11H2,1-2H3,(H,15,19). The largest absolute Gasteiger partial charge is 0.495 e. The minimum atomic E-state index is 0.863. The lowest BCUT2D eigenvalue weighted by molar-refractivity contribution is 0.374. The molecule has 19 heavy (non-hydrogen) atoms. The van der Waals surface area contributed by atoms with Crippen LogP contribution in [0.3, 0.4) is 0 Å². The molecule has 5 heteroatoms. The lowest BCUT2D eigenvalue weighted by Gasteiger charge is -2.37. The molecule has 1 N–H and O–H groups in total. The first kappa shape index (κ1) is 13.9. The molecule has 0 amide bonds. The van der Waals surface area contributed by atoms with E-state index in [0.29, 0.717) is 0 Å². The lowest BCUT2D eigenvalue weighted by atomic mass is 10.2. The predicted molar refractivity (Wildman–Crippen MR) is 83.1 cm³/mol. The van der Waals surface area contributed by atoms with Crippen LogP contribution in [0.4, 0.5) is 5.69 Å². The van der Waals surface area contributed by atoms with Crippen LogP contribution in [-0.2, 0) is 0 Å². The molecule has 1 aliphatic rings. The monoisotopic (exact) mass is 279 g/mol. The summed E-state index contributed by atoms with van der Waals surface area (Å²) in [5, 5.41) is 4.07. The van der Waals surface area contributed by atoms with Gasteiger partial charge in [-0.3, -0.25) is 0 Å². The number of rotatable bonds is 3. The van der Waals surface area contributed by atoms with Crippen molar-refractivity contribution in [3.8, 4) is 5.75 Å². The Kier molecular flexibility index (Phi) is 4.85. The van der Waals surface area contributed by atoms with Gasteiger partial charge in [0.15, 0.2) is 5.11 Å². The highest BCUT2D eigenvalue weighted by molar-refractivity contribution is 7.80. The number of benzene rings is 1. The van der Waals surface area contributed by atoms with E-state index >= 15 is 0 Å². The van der Waals surface area contributed by atoms with Crippen molar-refractivity contribution in [2.24, 2.45) is 0 Å². The van der Waals surface area contributed by atoms with Crippen LogP contribution in [0.15, 0.2) is 24.3 Å². The van der Waals surface area contributed by atoms with Crippen LogP contribution in [0.1, 0.15) is 6.92 Å². The highest BCUT2D eigenvalue weighted by Gasteiger charge is 2.20. The third-order valence-electron chi connectivity index (χ3n) is 3.32. The quantitative estimate of drug-likeness (QED) is 0.850. The van der Waals surface area contributed by atoms with Gasteiger partial charge in [-0.25, -0.2) is 0 Å². The van der Waals surface area contributed by atoms with Crippen molar-refractivity contribution in [3.63, 3.8) is 0 Å². The Hall–Kier alpha value is -1.49. The third-order valence-corrected chi connectivity index (χ3v) is 3.72. The molecule has 0 aromatic heterocycles. The van der Waals surface area contributed by atoms with Crippen molar-refractivity contribution in [1.82, 2.24) is 10.2 Å². The predicted octanol–water partition coefficient (Wildman–Crippen LogP) is 1.71. The molecule has 104 valence electrons. The Morgan fingerprint density at radius 3 is 2.58 bits per heavy atom. The lowest BCUT2D eigenvalue weighted by Crippen LogP contribution is -2.51. The van der Waals surface area contributed by atoms with Gasteiger partial charge in [-0.2, -0.15) is 0 Å². The van der Waals surface area contributed by atoms with Crippen molar-refractivity contribution >= 4 is 23.0 Å². The van der Waals surface area contributed by atoms with E-state index < -0.39 is 0 Å². The van der Waals surface area contributed by atoms with E-state index in [1.165, 1.54) is 5.69 Å². The summed E-state index contributed by atoms with van der Waals surface area (Å²) in [6.45, 7) is 6.77. The number of piperazine rings is 1. The number of nitrogens with one attached hydrogen (secondary N) is 1. The Morgan fingerprint density at radius 1 is 1.26 bits per heavy atom. The molecule has 1 heterocycles. The molecule has 0 spiro atoms. The summed E-state index contributed by atoms with van der Waals surface area (Å²) < 4.78 is 5.42. The highest BCUT2D eigenvalue weighted by Crippen LogP contribution is 2.28. The zero-order valence-corrected chi connectivity index (χ0v) is 12.4. The molecule has 1 saturated heterocycles. The highest BCUT2D eigenvalue weighted by atomic mass is 32.1. The first-order valence-electron chi connectivity index (χ1n) is 6.67. The van der Waals surface area contributed by atoms with E-state index in [2.05, 4.69) is 28.1 Å². The molecule has 0 saturated carbocycles. The summed E-state index contributed by atoms with van der Waals surface area (Å²) in [5.74, 6) is 0.935. The molecule has 2 rings (SSSR count). The number of para-hydroxylation sites is 2. The number of nitrogens with zero attached hydrogens (tertiary/aromatic N) is 2. The normalized spacial score (nSPS) is 15.3.